The summed E-state index contributed by atoms with van der Waals surface area (Å²) in [5, 5.41) is 4.25. The molecule has 0 aliphatic carbocycles. The van der Waals surface area contributed by atoms with E-state index < -0.39 is 6.04 Å². The van der Waals surface area contributed by atoms with Gasteiger partial charge in [0.25, 0.3) is 5.91 Å². The molecule has 0 aliphatic rings. The van der Waals surface area contributed by atoms with Crippen molar-refractivity contribution >= 4 is 35.0 Å². The fourth-order valence-corrected chi connectivity index (χ4v) is 3.66. The Kier molecular flexibility index (Phi) is 10.3. The van der Waals surface area contributed by atoms with E-state index in [0.29, 0.717) is 28.8 Å². The molecule has 0 bridgehead atoms. The highest BCUT2D eigenvalue weighted by Gasteiger charge is 2.28. The van der Waals surface area contributed by atoms with Crippen molar-refractivity contribution in [3.05, 3.63) is 63.1 Å². The van der Waals surface area contributed by atoms with Gasteiger partial charge in [-0.3, -0.25) is 9.59 Å². The number of halogens is 2. The molecule has 0 aromatic heterocycles. The molecule has 1 atom stereocenters. The van der Waals surface area contributed by atoms with Gasteiger partial charge >= 0.3 is 0 Å². The van der Waals surface area contributed by atoms with E-state index in [1.165, 1.54) is 0 Å². The Balaban J connectivity index is 2.20. The molecule has 7 heteroatoms. The summed E-state index contributed by atoms with van der Waals surface area (Å²) in [4.78, 5) is 27.7. The first-order valence-electron chi connectivity index (χ1n) is 11.0. The first kappa shape index (κ1) is 26.0. The lowest BCUT2D eigenvalue weighted by Crippen LogP contribution is -2.50. The second-order valence-corrected chi connectivity index (χ2v) is 8.69. The molecule has 174 valence electrons. The lowest BCUT2D eigenvalue weighted by atomic mass is 10.1. The molecule has 2 rings (SSSR count). The Bertz CT molecular complexity index is 893. The van der Waals surface area contributed by atoms with Crippen molar-refractivity contribution in [2.75, 3.05) is 13.2 Å². The average Bonchev–Trinajstić information content (AvgIpc) is 2.77. The largest absolute Gasteiger partial charge is 0.484 e. The molecule has 0 radical (unpaired) electrons. The number of rotatable bonds is 11. The van der Waals surface area contributed by atoms with Crippen LogP contribution in [-0.2, 0) is 16.1 Å². The number of nitrogens with zero attached hydrogens (tertiary/aromatic N) is 1. The lowest BCUT2D eigenvalue weighted by Gasteiger charge is -2.30. The number of benzene rings is 2. The molecule has 0 unspecified atom stereocenters. The number of aryl methyl sites for hydroxylation is 2. The van der Waals surface area contributed by atoms with Crippen molar-refractivity contribution in [1.29, 1.82) is 0 Å². The van der Waals surface area contributed by atoms with Crippen molar-refractivity contribution in [3.8, 4) is 5.75 Å². The number of unbranched alkanes of at least 4 members (excludes halogenated alkanes) is 1. The van der Waals surface area contributed by atoms with Crippen LogP contribution in [0.4, 0.5) is 0 Å². The van der Waals surface area contributed by atoms with Gasteiger partial charge in [0.1, 0.15) is 11.8 Å². The number of ether oxygens (including phenoxy) is 1. The Hall–Kier alpha value is -2.24. The Morgan fingerprint density at radius 2 is 1.69 bits per heavy atom. The third-order valence-corrected chi connectivity index (χ3v) is 6.10. The highest BCUT2D eigenvalue weighted by molar-refractivity contribution is 6.32. The van der Waals surface area contributed by atoms with Gasteiger partial charge in [-0.15, -0.1) is 0 Å². The molecular weight excluding hydrogens is 447 g/mol. The summed E-state index contributed by atoms with van der Waals surface area (Å²) in [5.74, 6) is 0.161. The average molecular weight is 479 g/mol. The van der Waals surface area contributed by atoms with E-state index in [-0.39, 0.29) is 25.0 Å². The molecule has 5 nitrogen and oxygen atoms in total. The summed E-state index contributed by atoms with van der Waals surface area (Å²) in [6, 6.07) is 10.3. The van der Waals surface area contributed by atoms with Crippen molar-refractivity contribution in [2.45, 2.75) is 59.5 Å². The number of carbonyl (C=O) groups excluding carboxylic acids is 2. The van der Waals surface area contributed by atoms with Crippen LogP contribution in [0.5, 0.6) is 5.75 Å². The second kappa shape index (κ2) is 12.7. The summed E-state index contributed by atoms with van der Waals surface area (Å²) in [6.07, 6.45) is 2.38. The SMILES string of the molecule is CCCCNC(=O)[C@@H](CC)N(Cc1ccc(Cl)cc1)C(=O)COc1cc(C)c(Cl)c(C)c1. The van der Waals surface area contributed by atoms with E-state index in [1.54, 1.807) is 29.2 Å². The zero-order chi connectivity index (χ0) is 23.7. The van der Waals surface area contributed by atoms with Gasteiger partial charge in [0.05, 0.1) is 0 Å². The van der Waals surface area contributed by atoms with Gasteiger partial charge in [-0.1, -0.05) is 55.6 Å². The molecule has 2 aromatic carbocycles. The molecule has 0 saturated carbocycles. The summed E-state index contributed by atoms with van der Waals surface area (Å²) in [6.45, 7) is 8.46. The fourth-order valence-electron chi connectivity index (χ4n) is 3.43. The van der Waals surface area contributed by atoms with E-state index in [1.807, 2.05) is 32.9 Å². The lowest BCUT2D eigenvalue weighted by molar-refractivity contribution is -0.143. The first-order chi connectivity index (χ1) is 15.3. The van der Waals surface area contributed by atoms with Crippen LogP contribution in [0.3, 0.4) is 0 Å². The smallest absolute Gasteiger partial charge is 0.261 e. The number of nitrogens with one attached hydrogen (secondary N) is 1. The molecule has 32 heavy (non-hydrogen) atoms. The minimum atomic E-state index is -0.590. The predicted octanol–water partition coefficient (Wildman–Crippen LogP) is 5.71. The Morgan fingerprint density at radius 3 is 2.25 bits per heavy atom. The molecule has 0 spiro atoms. The quantitative estimate of drug-likeness (QED) is 0.420. The van der Waals surface area contributed by atoms with Crippen molar-refractivity contribution in [1.82, 2.24) is 10.2 Å². The van der Waals surface area contributed by atoms with E-state index >= 15 is 0 Å². The highest BCUT2D eigenvalue weighted by Crippen LogP contribution is 2.26. The molecule has 2 amide bonds. The van der Waals surface area contributed by atoms with Gasteiger partial charge in [0.2, 0.25) is 5.91 Å². The molecule has 0 heterocycles. The maximum atomic E-state index is 13.2. The van der Waals surface area contributed by atoms with Crippen molar-refractivity contribution in [2.24, 2.45) is 0 Å². The summed E-state index contributed by atoms with van der Waals surface area (Å²) in [5.41, 5.74) is 2.66. The van der Waals surface area contributed by atoms with Gasteiger partial charge in [0, 0.05) is 23.1 Å². The molecule has 2 aromatic rings. The van der Waals surface area contributed by atoms with Crippen molar-refractivity contribution in [3.63, 3.8) is 0 Å². The minimum Gasteiger partial charge on any atom is -0.484 e. The van der Waals surface area contributed by atoms with Crippen LogP contribution in [0.1, 0.15) is 49.8 Å². The Morgan fingerprint density at radius 1 is 1.06 bits per heavy atom. The molecular formula is C25H32Cl2N2O3. The number of carbonyl (C=O) groups is 2. The van der Waals surface area contributed by atoms with Crippen LogP contribution in [0.25, 0.3) is 0 Å². The van der Waals surface area contributed by atoms with Crippen LogP contribution in [-0.4, -0.2) is 35.9 Å². The van der Waals surface area contributed by atoms with E-state index in [0.717, 1.165) is 29.5 Å². The number of hydrogen-bond acceptors (Lipinski definition) is 3. The Labute approximate surface area is 201 Å². The van der Waals surface area contributed by atoms with E-state index in [4.69, 9.17) is 27.9 Å². The molecule has 0 saturated heterocycles. The predicted molar refractivity (Wildman–Crippen MR) is 130 cm³/mol. The van der Waals surface area contributed by atoms with Gasteiger partial charge in [0.15, 0.2) is 6.61 Å². The van der Waals surface area contributed by atoms with Crippen LogP contribution in [0.2, 0.25) is 10.0 Å². The van der Waals surface area contributed by atoms with Crippen LogP contribution < -0.4 is 10.1 Å². The zero-order valence-corrected chi connectivity index (χ0v) is 20.7. The van der Waals surface area contributed by atoms with Crippen LogP contribution >= 0.6 is 23.2 Å². The maximum Gasteiger partial charge on any atom is 0.261 e. The monoisotopic (exact) mass is 478 g/mol. The van der Waals surface area contributed by atoms with Gasteiger partial charge in [-0.05, 0) is 67.6 Å². The van der Waals surface area contributed by atoms with Gasteiger partial charge in [-0.2, -0.15) is 0 Å². The molecule has 1 N–H and O–H groups in total. The summed E-state index contributed by atoms with van der Waals surface area (Å²) in [7, 11) is 0. The second-order valence-electron chi connectivity index (χ2n) is 7.88. The summed E-state index contributed by atoms with van der Waals surface area (Å²) >= 11 is 12.2. The normalized spacial score (nSPS) is 11.7. The minimum absolute atomic E-state index is 0.151. The third kappa shape index (κ3) is 7.42. The zero-order valence-electron chi connectivity index (χ0n) is 19.2. The maximum absolute atomic E-state index is 13.2. The summed E-state index contributed by atoms with van der Waals surface area (Å²) < 4.78 is 5.79. The van der Waals surface area contributed by atoms with Crippen LogP contribution in [0.15, 0.2) is 36.4 Å². The fraction of sp³-hybridized carbons (Fsp3) is 0.440. The number of amides is 2. The van der Waals surface area contributed by atoms with Gasteiger partial charge < -0.3 is 15.0 Å². The van der Waals surface area contributed by atoms with Crippen LogP contribution in [0, 0.1) is 13.8 Å². The number of hydrogen-bond donors (Lipinski definition) is 1. The van der Waals surface area contributed by atoms with E-state index in [9.17, 15) is 9.59 Å². The van der Waals surface area contributed by atoms with E-state index in [2.05, 4.69) is 12.2 Å². The third-order valence-electron chi connectivity index (χ3n) is 5.25. The first-order valence-corrected chi connectivity index (χ1v) is 11.7. The van der Waals surface area contributed by atoms with Crippen molar-refractivity contribution < 1.29 is 14.3 Å². The standard InChI is InChI=1S/C25H32Cl2N2O3/c1-5-7-12-28-25(31)22(6-2)29(15-19-8-10-20(26)11-9-19)23(30)16-32-21-13-17(3)24(27)18(4)14-21/h8-11,13-14,22H,5-7,12,15-16H2,1-4H3,(H,28,31)/t22-/m1/s1. The topological polar surface area (TPSA) is 58.6 Å². The molecule has 0 aliphatic heterocycles. The highest BCUT2D eigenvalue weighted by atomic mass is 35.5. The molecule has 0 fully saturated rings. The van der Waals surface area contributed by atoms with Gasteiger partial charge in [-0.25, -0.2) is 0 Å².